The Bertz CT molecular complexity index is 994. The molecule has 0 aliphatic carbocycles. The highest BCUT2D eigenvalue weighted by molar-refractivity contribution is 6.36. The Hall–Kier alpha value is -2.51. The Morgan fingerprint density at radius 2 is 2.13 bits per heavy atom. The Morgan fingerprint density at radius 3 is 2.78 bits per heavy atom. The number of aromatic amines is 1. The molecule has 7 nitrogen and oxygen atoms in total. The van der Waals surface area contributed by atoms with Crippen molar-refractivity contribution in [3.05, 3.63) is 50.4 Å². The second-order valence-corrected chi connectivity index (χ2v) is 5.43. The van der Waals surface area contributed by atoms with E-state index < -0.39 is 17.4 Å². The number of rotatable bonds is 2. The number of nitrogens with zero attached hydrogens (tertiary/aromatic N) is 2. The lowest BCUT2D eigenvalue weighted by atomic mass is 10.1. The molecule has 1 aromatic carbocycles. The fourth-order valence-corrected chi connectivity index (χ4v) is 2.70. The van der Waals surface area contributed by atoms with Crippen molar-refractivity contribution in [3.8, 4) is 17.0 Å². The highest BCUT2D eigenvalue weighted by Crippen LogP contribution is 2.33. The van der Waals surface area contributed by atoms with E-state index in [1.165, 1.54) is 31.5 Å². The molecule has 2 heterocycles. The Labute approximate surface area is 139 Å². The minimum absolute atomic E-state index is 0.0215. The largest absolute Gasteiger partial charge is 0.493 e. The van der Waals surface area contributed by atoms with Gasteiger partial charge in [0.1, 0.15) is 11.1 Å². The average molecular weight is 354 g/mol. The average Bonchev–Trinajstić information content (AvgIpc) is 2.92. The van der Waals surface area contributed by atoms with Crippen LogP contribution in [-0.4, -0.2) is 32.8 Å². The third-order valence-electron chi connectivity index (χ3n) is 3.26. The van der Waals surface area contributed by atoms with Gasteiger partial charge in [0.15, 0.2) is 5.65 Å². The van der Waals surface area contributed by atoms with Crippen molar-refractivity contribution in [2.75, 3.05) is 7.11 Å². The summed E-state index contributed by atoms with van der Waals surface area (Å²) < 4.78 is 5.62. The fraction of sp³-hybridized carbons (Fsp3) is 0.0714. The number of H-pyrrole nitrogens is 1. The first kappa shape index (κ1) is 15.4. The van der Waals surface area contributed by atoms with E-state index in [1.807, 2.05) is 0 Å². The number of hydrogen-bond acceptors (Lipinski definition) is 5. The van der Waals surface area contributed by atoms with Crippen LogP contribution in [0.15, 0.2) is 29.2 Å². The summed E-state index contributed by atoms with van der Waals surface area (Å²) in [5.74, 6) is -1.14. The first-order chi connectivity index (χ1) is 10.9. The van der Waals surface area contributed by atoms with Crippen LogP contribution in [0.5, 0.6) is 5.88 Å². The molecule has 0 bridgehead atoms. The quantitative estimate of drug-likeness (QED) is 0.690. The number of fused-ring (bicyclic) bond motifs is 1. The van der Waals surface area contributed by atoms with Gasteiger partial charge in [0.25, 0.3) is 5.56 Å². The van der Waals surface area contributed by atoms with Crippen LogP contribution in [0, 0.1) is 0 Å². The molecule has 0 saturated heterocycles. The molecule has 0 spiro atoms. The minimum Gasteiger partial charge on any atom is -0.493 e. The van der Waals surface area contributed by atoms with Crippen LogP contribution in [0.2, 0.25) is 10.0 Å². The van der Waals surface area contributed by atoms with E-state index >= 15 is 0 Å². The SMILES string of the molecule is COC(=O)c1cnn2c(O)c(-c3ccc(Cl)cc3Cl)c(=O)[nH]c12. The zero-order chi connectivity index (χ0) is 16.7. The molecular formula is C14H9Cl2N3O4. The molecule has 0 radical (unpaired) electrons. The van der Waals surface area contributed by atoms with Gasteiger partial charge in [-0.3, -0.25) is 4.79 Å². The molecule has 3 aromatic rings. The highest BCUT2D eigenvalue weighted by Gasteiger charge is 2.21. The summed E-state index contributed by atoms with van der Waals surface area (Å²) in [6.07, 6.45) is 1.18. The van der Waals surface area contributed by atoms with Gasteiger partial charge < -0.3 is 14.8 Å². The zero-order valence-corrected chi connectivity index (χ0v) is 13.1. The number of esters is 1. The normalized spacial score (nSPS) is 10.9. The van der Waals surface area contributed by atoms with Gasteiger partial charge in [-0.05, 0) is 12.1 Å². The molecule has 118 valence electrons. The molecule has 3 rings (SSSR count). The van der Waals surface area contributed by atoms with Gasteiger partial charge in [0, 0.05) is 10.6 Å². The van der Waals surface area contributed by atoms with E-state index in [0.717, 1.165) is 4.52 Å². The number of methoxy groups -OCH3 is 1. The van der Waals surface area contributed by atoms with Crippen LogP contribution in [0.25, 0.3) is 16.8 Å². The van der Waals surface area contributed by atoms with Crippen molar-refractivity contribution in [1.29, 1.82) is 0 Å². The molecule has 0 saturated carbocycles. The van der Waals surface area contributed by atoms with E-state index in [2.05, 4.69) is 14.8 Å². The van der Waals surface area contributed by atoms with Gasteiger partial charge in [-0.15, -0.1) is 0 Å². The van der Waals surface area contributed by atoms with Crippen molar-refractivity contribution < 1.29 is 14.6 Å². The lowest BCUT2D eigenvalue weighted by Crippen LogP contribution is -2.14. The van der Waals surface area contributed by atoms with E-state index in [-0.39, 0.29) is 27.4 Å². The summed E-state index contributed by atoms with van der Waals surface area (Å²) in [6, 6.07) is 4.49. The second kappa shape index (κ2) is 5.60. The van der Waals surface area contributed by atoms with Crippen molar-refractivity contribution >= 4 is 34.8 Å². The number of nitrogens with one attached hydrogen (secondary N) is 1. The van der Waals surface area contributed by atoms with Gasteiger partial charge >= 0.3 is 5.97 Å². The molecule has 2 N–H and O–H groups in total. The molecule has 9 heteroatoms. The molecule has 0 fully saturated rings. The lowest BCUT2D eigenvalue weighted by Gasteiger charge is -2.08. The Balaban J connectivity index is 2.32. The first-order valence-corrected chi connectivity index (χ1v) is 7.06. The van der Waals surface area contributed by atoms with E-state index in [4.69, 9.17) is 23.2 Å². The van der Waals surface area contributed by atoms with Crippen LogP contribution in [-0.2, 0) is 4.74 Å². The van der Waals surface area contributed by atoms with Crippen molar-refractivity contribution in [2.24, 2.45) is 0 Å². The molecule has 0 atom stereocenters. The van der Waals surface area contributed by atoms with Crippen LogP contribution in [0.1, 0.15) is 10.4 Å². The number of carbonyl (C=O) groups excluding carboxylic acids is 1. The molecule has 23 heavy (non-hydrogen) atoms. The number of ether oxygens (including phenoxy) is 1. The summed E-state index contributed by atoms with van der Waals surface area (Å²) in [5, 5.41) is 14.9. The number of hydrogen-bond donors (Lipinski definition) is 2. The number of aromatic hydroxyl groups is 1. The summed E-state index contributed by atoms with van der Waals surface area (Å²) in [6.45, 7) is 0. The maximum Gasteiger partial charge on any atom is 0.343 e. The summed E-state index contributed by atoms with van der Waals surface area (Å²) >= 11 is 11.9. The van der Waals surface area contributed by atoms with Crippen molar-refractivity contribution in [3.63, 3.8) is 0 Å². The predicted octanol–water partition coefficient (Wildman–Crippen LogP) is 2.49. The zero-order valence-electron chi connectivity index (χ0n) is 11.6. The van der Waals surface area contributed by atoms with Crippen LogP contribution >= 0.6 is 23.2 Å². The van der Waals surface area contributed by atoms with E-state index in [0.29, 0.717) is 5.02 Å². The van der Waals surface area contributed by atoms with E-state index in [9.17, 15) is 14.7 Å². The third-order valence-corrected chi connectivity index (χ3v) is 3.81. The molecule has 0 amide bonds. The smallest absolute Gasteiger partial charge is 0.343 e. The number of aromatic nitrogens is 3. The standard InChI is InChI=1S/C14H9Cl2N3O4/c1-23-14(22)8-5-17-19-11(8)18-12(20)10(13(19)21)7-3-2-6(15)4-9(7)16/h2-5,21H,1H3,(H,18,20). The van der Waals surface area contributed by atoms with Crippen LogP contribution < -0.4 is 5.56 Å². The van der Waals surface area contributed by atoms with Gasteiger partial charge in [-0.2, -0.15) is 9.61 Å². The summed E-state index contributed by atoms with van der Waals surface area (Å²) in [5.41, 5.74) is -0.391. The molecule has 0 unspecified atom stereocenters. The number of halogens is 2. The minimum atomic E-state index is -0.688. The van der Waals surface area contributed by atoms with Crippen LogP contribution in [0.4, 0.5) is 0 Å². The van der Waals surface area contributed by atoms with Crippen molar-refractivity contribution in [1.82, 2.24) is 14.6 Å². The summed E-state index contributed by atoms with van der Waals surface area (Å²) in [4.78, 5) is 26.5. The first-order valence-electron chi connectivity index (χ1n) is 6.30. The fourth-order valence-electron chi connectivity index (χ4n) is 2.20. The highest BCUT2D eigenvalue weighted by atomic mass is 35.5. The van der Waals surface area contributed by atoms with Gasteiger partial charge in [0.2, 0.25) is 5.88 Å². The van der Waals surface area contributed by atoms with Gasteiger partial charge in [0.05, 0.1) is 18.3 Å². The monoisotopic (exact) mass is 353 g/mol. The third kappa shape index (κ3) is 2.43. The van der Waals surface area contributed by atoms with Gasteiger partial charge in [-0.25, -0.2) is 4.79 Å². The molecular weight excluding hydrogens is 345 g/mol. The Kier molecular flexibility index (Phi) is 3.75. The second-order valence-electron chi connectivity index (χ2n) is 4.59. The molecule has 2 aromatic heterocycles. The lowest BCUT2D eigenvalue weighted by molar-refractivity contribution is 0.0602. The predicted molar refractivity (Wildman–Crippen MR) is 84.3 cm³/mol. The number of benzene rings is 1. The van der Waals surface area contributed by atoms with E-state index in [1.54, 1.807) is 0 Å². The molecule has 0 aliphatic heterocycles. The number of carbonyl (C=O) groups is 1. The Morgan fingerprint density at radius 1 is 1.39 bits per heavy atom. The summed E-state index contributed by atoms with van der Waals surface area (Å²) in [7, 11) is 1.20. The topological polar surface area (TPSA) is 96.7 Å². The van der Waals surface area contributed by atoms with Crippen molar-refractivity contribution in [2.45, 2.75) is 0 Å². The maximum absolute atomic E-state index is 12.4. The molecule has 0 aliphatic rings. The maximum atomic E-state index is 12.4. The van der Waals surface area contributed by atoms with Gasteiger partial charge in [-0.1, -0.05) is 29.3 Å². The van der Waals surface area contributed by atoms with Crippen LogP contribution in [0.3, 0.4) is 0 Å².